The lowest BCUT2D eigenvalue weighted by Gasteiger charge is -2.22. The minimum absolute atomic E-state index is 0.201. The lowest BCUT2D eigenvalue weighted by Crippen LogP contribution is -2.42. The Hall–Kier alpha value is -2.25. The van der Waals surface area contributed by atoms with Crippen molar-refractivity contribution >= 4 is 17.6 Å². The van der Waals surface area contributed by atoms with Gasteiger partial charge >= 0.3 is 12.1 Å². The number of anilines is 1. The van der Waals surface area contributed by atoms with Gasteiger partial charge in [-0.2, -0.15) is 13.2 Å². The molecule has 0 fully saturated rings. The van der Waals surface area contributed by atoms with Crippen molar-refractivity contribution in [3.8, 4) is 0 Å². The number of rotatable bonds is 6. The predicted octanol–water partition coefficient (Wildman–Crippen LogP) is 1.68. The summed E-state index contributed by atoms with van der Waals surface area (Å²) in [6.45, 7) is -2.54. The summed E-state index contributed by atoms with van der Waals surface area (Å²) in [6.07, 6.45) is -4.62. The lowest BCUT2D eigenvalue weighted by atomic mass is 10.1. The molecule has 0 saturated heterocycles. The van der Waals surface area contributed by atoms with Gasteiger partial charge in [0.25, 0.3) is 0 Å². The summed E-state index contributed by atoms with van der Waals surface area (Å²) >= 11 is 0. The molecular formula is C13H15F3N2O3. The second kappa shape index (κ2) is 6.96. The molecule has 116 valence electrons. The van der Waals surface area contributed by atoms with Gasteiger partial charge in [-0.1, -0.05) is 12.1 Å². The van der Waals surface area contributed by atoms with E-state index in [-0.39, 0.29) is 12.8 Å². The first-order valence-corrected chi connectivity index (χ1v) is 6.08. The number of benzene rings is 1. The van der Waals surface area contributed by atoms with E-state index in [9.17, 15) is 22.8 Å². The number of carboxylic acid groups (broad SMARTS) is 1. The van der Waals surface area contributed by atoms with Gasteiger partial charge in [0.2, 0.25) is 5.91 Å². The minimum atomic E-state index is -4.63. The number of aryl methyl sites for hydroxylation is 1. The number of amides is 1. The van der Waals surface area contributed by atoms with Gasteiger partial charge in [-0.15, -0.1) is 0 Å². The average molecular weight is 304 g/mol. The topological polar surface area (TPSA) is 83.6 Å². The van der Waals surface area contributed by atoms with E-state index in [1.165, 1.54) is 0 Å². The molecule has 8 heteroatoms. The Labute approximate surface area is 119 Å². The van der Waals surface area contributed by atoms with Crippen molar-refractivity contribution in [3.05, 3.63) is 29.8 Å². The summed E-state index contributed by atoms with van der Waals surface area (Å²) in [4.78, 5) is 22.6. The van der Waals surface area contributed by atoms with Gasteiger partial charge in [-0.3, -0.25) is 9.59 Å². The number of nitrogens with two attached hydrogens (primary N) is 1. The van der Waals surface area contributed by atoms with E-state index < -0.39 is 31.1 Å². The van der Waals surface area contributed by atoms with Crippen molar-refractivity contribution < 1.29 is 27.9 Å². The third-order valence-electron chi connectivity index (χ3n) is 2.66. The highest BCUT2D eigenvalue weighted by Gasteiger charge is 2.33. The van der Waals surface area contributed by atoms with E-state index >= 15 is 0 Å². The monoisotopic (exact) mass is 304 g/mol. The number of nitrogen functional groups attached to an aromatic ring is 1. The smallest absolute Gasteiger partial charge is 0.406 e. The van der Waals surface area contributed by atoms with Gasteiger partial charge in [0.15, 0.2) is 0 Å². The first-order chi connectivity index (χ1) is 9.67. The van der Waals surface area contributed by atoms with Crippen molar-refractivity contribution in [3.63, 3.8) is 0 Å². The summed E-state index contributed by atoms with van der Waals surface area (Å²) in [5.74, 6) is -2.34. The van der Waals surface area contributed by atoms with Crippen LogP contribution in [0.4, 0.5) is 18.9 Å². The van der Waals surface area contributed by atoms with Crippen LogP contribution in [-0.2, 0) is 16.0 Å². The van der Waals surface area contributed by atoms with Gasteiger partial charge in [0.05, 0.1) is 0 Å². The van der Waals surface area contributed by atoms with Crippen molar-refractivity contribution in [2.75, 3.05) is 18.8 Å². The first kappa shape index (κ1) is 16.8. The molecule has 5 nitrogen and oxygen atoms in total. The number of aliphatic carboxylic acids is 1. The number of carboxylic acids is 1. The highest BCUT2D eigenvalue weighted by Crippen LogP contribution is 2.17. The highest BCUT2D eigenvalue weighted by atomic mass is 19.4. The molecule has 0 heterocycles. The quantitative estimate of drug-likeness (QED) is 0.783. The minimum Gasteiger partial charge on any atom is -0.480 e. The molecule has 1 aromatic carbocycles. The van der Waals surface area contributed by atoms with Crippen LogP contribution in [0, 0.1) is 0 Å². The van der Waals surface area contributed by atoms with Crippen LogP contribution in [0.25, 0.3) is 0 Å². The van der Waals surface area contributed by atoms with Crippen LogP contribution in [0.1, 0.15) is 12.0 Å². The van der Waals surface area contributed by atoms with E-state index in [0.717, 1.165) is 5.56 Å². The summed E-state index contributed by atoms with van der Waals surface area (Å²) in [5, 5.41) is 8.57. The van der Waals surface area contributed by atoms with Crippen LogP contribution in [0.3, 0.4) is 0 Å². The second-order valence-corrected chi connectivity index (χ2v) is 4.50. The molecule has 0 aliphatic heterocycles. The van der Waals surface area contributed by atoms with Gasteiger partial charge < -0.3 is 15.7 Å². The zero-order valence-electron chi connectivity index (χ0n) is 11.1. The highest BCUT2D eigenvalue weighted by molar-refractivity contribution is 5.81. The molecule has 3 N–H and O–H groups in total. The molecule has 21 heavy (non-hydrogen) atoms. The SMILES string of the molecule is Nc1ccc(CCC(=O)N(CC(=O)O)CC(F)(F)F)cc1. The second-order valence-electron chi connectivity index (χ2n) is 4.50. The Morgan fingerprint density at radius 3 is 2.24 bits per heavy atom. The van der Waals surface area contributed by atoms with E-state index in [4.69, 9.17) is 10.8 Å². The van der Waals surface area contributed by atoms with Crippen LogP contribution in [0.15, 0.2) is 24.3 Å². The zero-order chi connectivity index (χ0) is 16.0. The molecule has 0 unspecified atom stereocenters. The Kier molecular flexibility index (Phi) is 5.57. The van der Waals surface area contributed by atoms with Crippen LogP contribution in [0.5, 0.6) is 0 Å². The Bertz CT molecular complexity index is 500. The molecule has 0 bridgehead atoms. The summed E-state index contributed by atoms with van der Waals surface area (Å²) < 4.78 is 37.0. The van der Waals surface area contributed by atoms with Gasteiger partial charge in [-0.25, -0.2) is 0 Å². The van der Waals surface area contributed by atoms with E-state index in [0.29, 0.717) is 10.6 Å². The van der Waals surface area contributed by atoms with Gasteiger partial charge in [-0.05, 0) is 24.1 Å². The molecule has 0 aromatic heterocycles. The molecule has 1 rings (SSSR count). The molecule has 0 radical (unpaired) electrons. The standard InChI is InChI=1S/C13H15F3N2O3/c14-13(15,16)8-18(7-12(20)21)11(19)6-3-9-1-4-10(17)5-2-9/h1-2,4-5H,3,6-8,17H2,(H,20,21). The van der Waals surface area contributed by atoms with Crippen LogP contribution >= 0.6 is 0 Å². The zero-order valence-corrected chi connectivity index (χ0v) is 11.1. The van der Waals surface area contributed by atoms with Crippen molar-refractivity contribution in [2.45, 2.75) is 19.0 Å². The Balaban J connectivity index is 2.63. The molecule has 0 aliphatic carbocycles. The third kappa shape index (κ3) is 6.64. The summed E-state index contributed by atoms with van der Waals surface area (Å²) in [7, 11) is 0. The van der Waals surface area contributed by atoms with Gasteiger partial charge in [0, 0.05) is 12.1 Å². The largest absolute Gasteiger partial charge is 0.480 e. The van der Waals surface area contributed by atoms with Crippen molar-refractivity contribution in [1.82, 2.24) is 4.90 Å². The van der Waals surface area contributed by atoms with Crippen molar-refractivity contribution in [1.29, 1.82) is 0 Å². The first-order valence-electron chi connectivity index (χ1n) is 6.08. The average Bonchev–Trinajstić information content (AvgIpc) is 2.34. The number of hydrogen-bond acceptors (Lipinski definition) is 3. The maximum absolute atomic E-state index is 12.3. The molecule has 0 saturated carbocycles. The number of nitrogens with zero attached hydrogens (tertiary/aromatic N) is 1. The fourth-order valence-corrected chi connectivity index (χ4v) is 1.71. The molecule has 0 aliphatic rings. The predicted molar refractivity (Wildman–Crippen MR) is 69.4 cm³/mol. The maximum atomic E-state index is 12.3. The van der Waals surface area contributed by atoms with Crippen molar-refractivity contribution in [2.24, 2.45) is 0 Å². The van der Waals surface area contributed by atoms with E-state index in [1.54, 1.807) is 24.3 Å². The Morgan fingerprint density at radius 1 is 1.19 bits per heavy atom. The molecule has 1 amide bonds. The summed E-state index contributed by atoms with van der Waals surface area (Å²) in [5.41, 5.74) is 6.76. The number of alkyl halides is 3. The number of hydrogen-bond donors (Lipinski definition) is 2. The Morgan fingerprint density at radius 2 is 1.76 bits per heavy atom. The van der Waals surface area contributed by atoms with Gasteiger partial charge in [0.1, 0.15) is 13.1 Å². The van der Waals surface area contributed by atoms with E-state index in [1.807, 2.05) is 0 Å². The fourth-order valence-electron chi connectivity index (χ4n) is 1.71. The molecule has 0 atom stereocenters. The number of carbonyl (C=O) groups excluding carboxylic acids is 1. The number of halogens is 3. The lowest BCUT2D eigenvalue weighted by molar-refractivity contribution is -0.165. The molecular weight excluding hydrogens is 289 g/mol. The normalized spacial score (nSPS) is 11.2. The fraction of sp³-hybridized carbons (Fsp3) is 0.385. The summed E-state index contributed by atoms with van der Waals surface area (Å²) in [6, 6.07) is 6.55. The van der Waals surface area contributed by atoms with Crippen LogP contribution < -0.4 is 5.73 Å². The van der Waals surface area contributed by atoms with Crippen LogP contribution in [-0.4, -0.2) is 41.1 Å². The maximum Gasteiger partial charge on any atom is 0.406 e. The molecule has 1 aromatic rings. The number of carbonyl (C=O) groups is 2. The van der Waals surface area contributed by atoms with E-state index in [2.05, 4.69) is 0 Å². The third-order valence-corrected chi connectivity index (χ3v) is 2.66. The molecule has 0 spiro atoms. The van der Waals surface area contributed by atoms with Crippen LogP contribution in [0.2, 0.25) is 0 Å².